The fourth-order valence-corrected chi connectivity index (χ4v) is 2.03. The molecule has 8 heteroatoms. The number of aromatic nitrogens is 2. The van der Waals surface area contributed by atoms with E-state index in [1.54, 1.807) is 19.1 Å². The molecule has 2 aromatic heterocycles. The maximum absolute atomic E-state index is 12.0. The van der Waals surface area contributed by atoms with Crippen molar-refractivity contribution >= 4 is 11.8 Å². The fourth-order valence-electron chi connectivity index (χ4n) is 1.59. The van der Waals surface area contributed by atoms with Crippen molar-refractivity contribution in [1.29, 1.82) is 0 Å². The van der Waals surface area contributed by atoms with Crippen molar-refractivity contribution in [1.82, 2.24) is 15.5 Å². The summed E-state index contributed by atoms with van der Waals surface area (Å²) in [7, 11) is 0. The molecular weight excluding hydrogens is 288 g/mol. The molecule has 0 bridgehead atoms. The second-order valence-electron chi connectivity index (χ2n) is 4.10. The van der Waals surface area contributed by atoms with Crippen LogP contribution in [0.4, 0.5) is 8.78 Å². The highest BCUT2D eigenvalue weighted by atomic mass is 32.2. The minimum atomic E-state index is -2.38. The molecule has 5 nitrogen and oxygen atoms in total. The Balaban J connectivity index is 1.66. The largest absolute Gasteiger partial charge is 0.464 e. The van der Waals surface area contributed by atoms with Crippen molar-refractivity contribution < 1.29 is 17.7 Å². The highest BCUT2D eigenvalue weighted by Gasteiger charge is 2.07. The van der Waals surface area contributed by atoms with Crippen LogP contribution in [0.1, 0.15) is 23.2 Å². The van der Waals surface area contributed by atoms with Gasteiger partial charge in [-0.25, -0.2) is 0 Å². The van der Waals surface area contributed by atoms with Crippen molar-refractivity contribution in [2.75, 3.05) is 6.54 Å². The maximum atomic E-state index is 12.0. The number of thioether (sulfide) groups is 1. The minimum Gasteiger partial charge on any atom is -0.464 e. The van der Waals surface area contributed by atoms with E-state index < -0.39 is 5.76 Å². The number of hydrogen-bond donors (Lipinski definition) is 1. The standard InChI is InChI=1S/C12H15F2N3O2S/c1-8-16-11(19-17-8)4-5-15-6-9-2-3-10(18-9)7-20-12(13)14/h2-3,12,15H,4-7H2,1H3. The molecule has 0 aliphatic carbocycles. The van der Waals surface area contributed by atoms with Gasteiger partial charge in [0.25, 0.3) is 5.76 Å². The van der Waals surface area contributed by atoms with Gasteiger partial charge in [0.2, 0.25) is 5.89 Å². The maximum Gasteiger partial charge on any atom is 0.284 e. The van der Waals surface area contributed by atoms with Crippen LogP contribution in [-0.4, -0.2) is 22.4 Å². The van der Waals surface area contributed by atoms with Crippen molar-refractivity contribution in [3.8, 4) is 0 Å². The predicted octanol–water partition coefficient (Wildman–Crippen LogP) is 2.76. The first-order valence-electron chi connectivity index (χ1n) is 6.11. The number of nitrogens with zero attached hydrogens (tertiary/aromatic N) is 2. The number of furan rings is 1. The van der Waals surface area contributed by atoms with Crippen LogP contribution in [0.5, 0.6) is 0 Å². The lowest BCUT2D eigenvalue weighted by Crippen LogP contribution is -2.16. The van der Waals surface area contributed by atoms with E-state index in [9.17, 15) is 8.78 Å². The van der Waals surface area contributed by atoms with E-state index in [0.29, 0.717) is 48.7 Å². The topological polar surface area (TPSA) is 64.1 Å². The summed E-state index contributed by atoms with van der Waals surface area (Å²) in [5, 5.41) is 6.86. The van der Waals surface area contributed by atoms with E-state index in [2.05, 4.69) is 15.5 Å². The molecule has 0 atom stereocenters. The third-order valence-corrected chi connectivity index (χ3v) is 3.16. The summed E-state index contributed by atoms with van der Waals surface area (Å²) in [6.07, 6.45) is 0.635. The van der Waals surface area contributed by atoms with Gasteiger partial charge in [-0.3, -0.25) is 0 Å². The molecule has 0 saturated carbocycles. The van der Waals surface area contributed by atoms with Gasteiger partial charge in [0.1, 0.15) is 11.5 Å². The lowest BCUT2D eigenvalue weighted by Gasteiger charge is -2.00. The second-order valence-corrected chi connectivity index (χ2v) is 5.08. The van der Waals surface area contributed by atoms with Crippen molar-refractivity contribution in [2.24, 2.45) is 0 Å². The van der Waals surface area contributed by atoms with Crippen LogP contribution in [0.2, 0.25) is 0 Å². The molecule has 0 radical (unpaired) electrons. The normalized spacial score (nSPS) is 11.4. The Bertz CT molecular complexity index is 530. The van der Waals surface area contributed by atoms with Crippen LogP contribution >= 0.6 is 11.8 Å². The molecule has 0 aliphatic rings. The molecule has 1 N–H and O–H groups in total. The Morgan fingerprint density at radius 3 is 2.85 bits per heavy atom. The summed E-state index contributed by atoms with van der Waals surface area (Å²) in [6.45, 7) is 2.97. The van der Waals surface area contributed by atoms with Gasteiger partial charge in [-0.1, -0.05) is 16.9 Å². The number of hydrogen-bond acceptors (Lipinski definition) is 6. The zero-order valence-electron chi connectivity index (χ0n) is 10.9. The zero-order valence-corrected chi connectivity index (χ0v) is 11.8. The van der Waals surface area contributed by atoms with Crippen LogP contribution in [-0.2, 0) is 18.7 Å². The highest BCUT2D eigenvalue weighted by Crippen LogP contribution is 2.21. The van der Waals surface area contributed by atoms with Crippen molar-refractivity contribution in [3.63, 3.8) is 0 Å². The third-order valence-electron chi connectivity index (χ3n) is 2.45. The Morgan fingerprint density at radius 2 is 2.15 bits per heavy atom. The first-order chi connectivity index (χ1) is 9.63. The summed E-state index contributed by atoms with van der Waals surface area (Å²) in [4.78, 5) is 4.09. The molecule has 0 aromatic carbocycles. The SMILES string of the molecule is Cc1noc(CCNCc2ccc(CSC(F)F)o2)n1. The van der Waals surface area contributed by atoms with Gasteiger partial charge >= 0.3 is 0 Å². The quantitative estimate of drug-likeness (QED) is 0.757. The number of alkyl halides is 2. The average molecular weight is 303 g/mol. The average Bonchev–Trinajstić information content (AvgIpc) is 3.01. The number of aryl methyl sites for hydroxylation is 1. The van der Waals surface area contributed by atoms with Gasteiger partial charge in [-0.05, 0) is 19.1 Å². The van der Waals surface area contributed by atoms with Gasteiger partial charge in [0.05, 0.1) is 12.3 Å². The molecule has 0 aliphatic heterocycles. The summed E-state index contributed by atoms with van der Waals surface area (Å²) < 4.78 is 34.5. The lowest BCUT2D eigenvalue weighted by molar-refractivity contribution is 0.251. The van der Waals surface area contributed by atoms with E-state index in [1.807, 2.05) is 0 Å². The summed E-state index contributed by atoms with van der Waals surface area (Å²) in [6, 6.07) is 3.50. The summed E-state index contributed by atoms with van der Waals surface area (Å²) >= 11 is 0.551. The van der Waals surface area contributed by atoms with Gasteiger partial charge in [-0.2, -0.15) is 13.8 Å². The molecule has 2 rings (SSSR count). The Kier molecular flexibility index (Phi) is 5.54. The summed E-state index contributed by atoms with van der Waals surface area (Å²) in [5.74, 6) is 0.283. The van der Waals surface area contributed by atoms with Gasteiger partial charge < -0.3 is 14.3 Å². The molecule has 20 heavy (non-hydrogen) atoms. The molecule has 0 fully saturated rings. The predicted molar refractivity (Wildman–Crippen MR) is 70.5 cm³/mol. The molecule has 0 spiro atoms. The fraction of sp³-hybridized carbons (Fsp3) is 0.500. The van der Waals surface area contributed by atoms with Gasteiger partial charge in [0, 0.05) is 13.0 Å². The first-order valence-corrected chi connectivity index (χ1v) is 7.15. The van der Waals surface area contributed by atoms with Crippen LogP contribution in [0.3, 0.4) is 0 Å². The van der Waals surface area contributed by atoms with E-state index >= 15 is 0 Å². The third kappa shape index (κ3) is 4.93. The molecule has 0 unspecified atom stereocenters. The molecule has 2 aromatic rings. The van der Waals surface area contributed by atoms with Crippen LogP contribution in [0.25, 0.3) is 0 Å². The van der Waals surface area contributed by atoms with E-state index in [4.69, 9.17) is 8.94 Å². The van der Waals surface area contributed by atoms with Crippen LogP contribution in [0, 0.1) is 6.92 Å². The number of rotatable bonds is 8. The Labute approximate surface area is 119 Å². The van der Waals surface area contributed by atoms with E-state index in [0.717, 1.165) is 5.76 Å². The van der Waals surface area contributed by atoms with Gasteiger partial charge in [-0.15, -0.1) is 0 Å². The Morgan fingerprint density at radius 1 is 1.35 bits per heavy atom. The van der Waals surface area contributed by atoms with Crippen LogP contribution in [0.15, 0.2) is 21.1 Å². The lowest BCUT2D eigenvalue weighted by atomic mass is 10.4. The molecule has 110 valence electrons. The van der Waals surface area contributed by atoms with E-state index in [1.165, 1.54) is 0 Å². The van der Waals surface area contributed by atoms with E-state index in [-0.39, 0.29) is 5.75 Å². The molecule has 0 amide bonds. The second kappa shape index (κ2) is 7.39. The molecule has 0 saturated heterocycles. The first kappa shape index (κ1) is 15.0. The van der Waals surface area contributed by atoms with Crippen LogP contribution < -0.4 is 5.32 Å². The van der Waals surface area contributed by atoms with Crippen molar-refractivity contribution in [3.05, 3.63) is 35.4 Å². The summed E-state index contributed by atoms with van der Waals surface area (Å²) in [5.41, 5.74) is 0. The molecule has 2 heterocycles. The molecular formula is C12H15F2N3O2S. The number of nitrogens with one attached hydrogen (secondary N) is 1. The Hall–Kier alpha value is -1.41. The smallest absolute Gasteiger partial charge is 0.284 e. The van der Waals surface area contributed by atoms with Gasteiger partial charge in [0.15, 0.2) is 5.82 Å². The highest BCUT2D eigenvalue weighted by molar-refractivity contribution is 7.98. The monoisotopic (exact) mass is 303 g/mol. The minimum absolute atomic E-state index is 0.179. The zero-order chi connectivity index (χ0) is 14.4. The van der Waals surface area contributed by atoms with Crippen molar-refractivity contribution in [2.45, 2.75) is 31.4 Å². The number of halogens is 2.